The standard InChI is InChI=1S/C10H7BrOS/c11-9(5-12)8-6-13-10-4-2-1-3-7(8)10/h1-6,9H. The molecule has 13 heavy (non-hydrogen) atoms. The van der Waals surface area contributed by atoms with Crippen molar-refractivity contribution < 1.29 is 4.79 Å². The molecule has 0 saturated carbocycles. The Hall–Kier alpha value is -0.670. The Labute approximate surface area is 88.5 Å². The van der Waals surface area contributed by atoms with Crippen LogP contribution in [0.15, 0.2) is 29.6 Å². The Kier molecular flexibility index (Phi) is 2.47. The fraction of sp³-hybridized carbons (Fsp3) is 0.100. The second kappa shape index (κ2) is 3.60. The van der Waals surface area contributed by atoms with E-state index in [4.69, 9.17) is 0 Å². The number of halogens is 1. The Balaban J connectivity index is 2.64. The monoisotopic (exact) mass is 254 g/mol. The number of fused-ring (bicyclic) bond motifs is 1. The Morgan fingerprint density at radius 3 is 2.92 bits per heavy atom. The quantitative estimate of drug-likeness (QED) is 0.592. The molecule has 0 N–H and O–H groups in total. The smallest absolute Gasteiger partial charge is 0.138 e. The molecule has 0 aliphatic rings. The third-order valence-corrected chi connectivity index (χ3v) is 3.62. The summed E-state index contributed by atoms with van der Waals surface area (Å²) in [6, 6.07) is 8.10. The zero-order valence-corrected chi connectivity index (χ0v) is 9.14. The zero-order valence-electron chi connectivity index (χ0n) is 6.74. The maximum absolute atomic E-state index is 10.6. The highest BCUT2D eigenvalue weighted by atomic mass is 79.9. The highest BCUT2D eigenvalue weighted by Crippen LogP contribution is 2.32. The first kappa shape index (κ1) is 8.91. The van der Waals surface area contributed by atoms with Gasteiger partial charge in [0.2, 0.25) is 0 Å². The van der Waals surface area contributed by atoms with Crippen molar-refractivity contribution in [3.05, 3.63) is 35.2 Å². The molecule has 0 spiro atoms. The summed E-state index contributed by atoms with van der Waals surface area (Å²) in [5, 5.41) is 3.19. The van der Waals surface area contributed by atoms with Crippen molar-refractivity contribution >= 4 is 43.6 Å². The van der Waals surface area contributed by atoms with Gasteiger partial charge in [0.15, 0.2) is 0 Å². The lowest BCUT2D eigenvalue weighted by Gasteiger charge is -1.98. The van der Waals surface area contributed by atoms with E-state index in [1.54, 1.807) is 11.3 Å². The summed E-state index contributed by atoms with van der Waals surface area (Å²) in [4.78, 5) is 10.4. The minimum atomic E-state index is -0.177. The van der Waals surface area contributed by atoms with Crippen LogP contribution >= 0.6 is 27.3 Å². The van der Waals surface area contributed by atoms with Gasteiger partial charge in [-0.2, -0.15) is 0 Å². The van der Waals surface area contributed by atoms with E-state index in [0.717, 1.165) is 11.8 Å². The van der Waals surface area contributed by atoms with Crippen LogP contribution in [0.2, 0.25) is 0 Å². The maximum atomic E-state index is 10.6. The molecule has 1 aromatic heterocycles. The van der Waals surface area contributed by atoms with Gasteiger partial charge in [-0.1, -0.05) is 34.1 Å². The molecule has 1 heterocycles. The summed E-state index contributed by atoms with van der Waals surface area (Å²) in [6.45, 7) is 0. The van der Waals surface area contributed by atoms with Gasteiger partial charge in [-0.3, -0.25) is 0 Å². The minimum absolute atomic E-state index is 0.177. The summed E-state index contributed by atoms with van der Waals surface area (Å²) in [5.41, 5.74) is 1.07. The van der Waals surface area contributed by atoms with Crippen LogP contribution in [0, 0.1) is 0 Å². The summed E-state index contributed by atoms with van der Waals surface area (Å²) >= 11 is 4.99. The second-order valence-corrected chi connectivity index (χ2v) is 4.62. The van der Waals surface area contributed by atoms with E-state index in [1.165, 1.54) is 10.1 Å². The number of aldehydes is 1. The topological polar surface area (TPSA) is 17.1 Å². The number of benzene rings is 1. The van der Waals surface area contributed by atoms with Crippen LogP contribution in [0.4, 0.5) is 0 Å². The predicted molar refractivity (Wildman–Crippen MR) is 59.6 cm³/mol. The van der Waals surface area contributed by atoms with Crippen LogP contribution in [0.25, 0.3) is 10.1 Å². The van der Waals surface area contributed by atoms with Crippen LogP contribution in [-0.2, 0) is 4.79 Å². The lowest BCUT2D eigenvalue weighted by molar-refractivity contribution is -0.107. The van der Waals surface area contributed by atoms with Crippen LogP contribution in [-0.4, -0.2) is 6.29 Å². The molecule has 2 aromatic rings. The van der Waals surface area contributed by atoms with E-state index in [2.05, 4.69) is 22.0 Å². The van der Waals surface area contributed by atoms with Crippen molar-refractivity contribution in [3.63, 3.8) is 0 Å². The van der Waals surface area contributed by atoms with Gasteiger partial charge in [0, 0.05) is 4.70 Å². The molecule has 0 bridgehead atoms. The average Bonchev–Trinajstić information content (AvgIpc) is 2.60. The van der Waals surface area contributed by atoms with Gasteiger partial charge in [0.05, 0.1) is 4.83 Å². The number of carbonyl (C=O) groups excluding carboxylic acids is 1. The lowest BCUT2D eigenvalue weighted by atomic mass is 10.1. The molecule has 66 valence electrons. The van der Waals surface area contributed by atoms with Crippen molar-refractivity contribution in [1.82, 2.24) is 0 Å². The lowest BCUT2D eigenvalue weighted by Crippen LogP contribution is -1.87. The van der Waals surface area contributed by atoms with E-state index in [0.29, 0.717) is 0 Å². The van der Waals surface area contributed by atoms with Crippen molar-refractivity contribution in [2.75, 3.05) is 0 Å². The number of alkyl halides is 1. The first-order chi connectivity index (χ1) is 6.33. The van der Waals surface area contributed by atoms with E-state index < -0.39 is 0 Å². The second-order valence-electron chi connectivity index (χ2n) is 2.73. The molecular weight excluding hydrogens is 248 g/mol. The number of hydrogen-bond donors (Lipinski definition) is 0. The van der Waals surface area contributed by atoms with Gasteiger partial charge >= 0.3 is 0 Å². The number of carbonyl (C=O) groups is 1. The predicted octanol–water partition coefficient (Wildman–Crippen LogP) is 3.54. The van der Waals surface area contributed by atoms with Gasteiger partial charge in [0.1, 0.15) is 6.29 Å². The molecule has 1 atom stereocenters. The van der Waals surface area contributed by atoms with Gasteiger partial charge in [-0.25, -0.2) is 0 Å². The highest BCUT2D eigenvalue weighted by Gasteiger charge is 2.10. The van der Waals surface area contributed by atoms with E-state index in [-0.39, 0.29) is 4.83 Å². The average molecular weight is 255 g/mol. The third-order valence-electron chi connectivity index (χ3n) is 1.93. The number of rotatable bonds is 2. The molecule has 0 amide bonds. The molecule has 0 aliphatic carbocycles. The normalized spacial score (nSPS) is 13.0. The molecular formula is C10H7BrOS. The summed E-state index contributed by atoms with van der Waals surface area (Å²) in [5.74, 6) is 0. The molecule has 0 fully saturated rings. The minimum Gasteiger partial charge on any atom is -0.302 e. The molecule has 1 nitrogen and oxygen atoms in total. The molecule has 0 saturated heterocycles. The van der Waals surface area contributed by atoms with E-state index in [9.17, 15) is 4.79 Å². The largest absolute Gasteiger partial charge is 0.302 e. The SMILES string of the molecule is O=CC(Br)c1csc2ccccc12. The van der Waals surface area contributed by atoms with Crippen molar-refractivity contribution in [2.45, 2.75) is 4.83 Å². The van der Waals surface area contributed by atoms with Crippen LogP contribution in [0.1, 0.15) is 10.4 Å². The van der Waals surface area contributed by atoms with Gasteiger partial charge in [0.25, 0.3) is 0 Å². The van der Waals surface area contributed by atoms with Crippen LogP contribution in [0.5, 0.6) is 0 Å². The van der Waals surface area contributed by atoms with Gasteiger partial charge < -0.3 is 4.79 Å². The van der Waals surface area contributed by atoms with Gasteiger partial charge in [-0.15, -0.1) is 11.3 Å². The van der Waals surface area contributed by atoms with Crippen molar-refractivity contribution in [2.24, 2.45) is 0 Å². The summed E-state index contributed by atoms with van der Waals surface area (Å²) < 4.78 is 1.23. The fourth-order valence-corrected chi connectivity index (χ4v) is 2.84. The van der Waals surface area contributed by atoms with Crippen LogP contribution in [0.3, 0.4) is 0 Å². The number of thiophene rings is 1. The molecule has 1 aromatic carbocycles. The van der Waals surface area contributed by atoms with E-state index in [1.807, 2.05) is 23.6 Å². The summed E-state index contributed by atoms with van der Waals surface area (Å²) in [6.07, 6.45) is 0.911. The number of hydrogen-bond acceptors (Lipinski definition) is 2. The first-order valence-electron chi connectivity index (χ1n) is 3.88. The Bertz CT molecular complexity index is 435. The maximum Gasteiger partial charge on any atom is 0.138 e. The molecule has 3 heteroatoms. The molecule has 0 radical (unpaired) electrons. The Morgan fingerprint density at radius 1 is 1.38 bits per heavy atom. The summed E-state index contributed by atoms with van der Waals surface area (Å²) in [7, 11) is 0. The first-order valence-corrected chi connectivity index (χ1v) is 5.68. The van der Waals surface area contributed by atoms with Crippen LogP contribution < -0.4 is 0 Å². The zero-order chi connectivity index (χ0) is 9.26. The van der Waals surface area contributed by atoms with Crippen molar-refractivity contribution in [1.29, 1.82) is 0 Å². The van der Waals surface area contributed by atoms with E-state index >= 15 is 0 Å². The highest BCUT2D eigenvalue weighted by molar-refractivity contribution is 9.09. The molecule has 1 unspecified atom stereocenters. The van der Waals surface area contributed by atoms with Crippen molar-refractivity contribution in [3.8, 4) is 0 Å². The fourth-order valence-electron chi connectivity index (χ4n) is 1.29. The Morgan fingerprint density at radius 2 is 2.15 bits per heavy atom. The molecule has 0 aliphatic heterocycles. The van der Waals surface area contributed by atoms with Gasteiger partial charge in [-0.05, 0) is 22.4 Å². The molecule has 2 rings (SSSR count). The third kappa shape index (κ3) is 1.54.